The second-order valence-corrected chi connectivity index (χ2v) is 7.16. The molecular weight excluding hydrogens is 302 g/mol. The number of halogens is 1. The molecule has 1 aromatic carbocycles. The van der Waals surface area contributed by atoms with E-state index in [0.29, 0.717) is 11.5 Å². The van der Waals surface area contributed by atoms with E-state index in [4.69, 9.17) is 22.1 Å². The third-order valence-electron chi connectivity index (χ3n) is 3.19. The Hall–Kier alpha value is -1.57. The fraction of sp³-hybridized carbons (Fsp3) is 0.250. The molecule has 1 aromatic heterocycles. The van der Waals surface area contributed by atoms with Gasteiger partial charge in [-0.15, -0.1) is 0 Å². The van der Waals surface area contributed by atoms with E-state index < -0.39 is 15.1 Å². The lowest BCUT2D eigenvalue weighted by Gasteiger charge is -2.26. The van der Waals surface area contributed by atoms with Gasteiger partial charge in [0.05, 0.1) is 28.8 Å². The van der Waals surface area contributed by atoms with Crippen molar-refractivity contribution in [1.29, 1.82) is 0 Å². The molecule has 0 saturated carbocycles. The van der Waals surface area contributed by atoms with Crippen molar-refractivity contribution in [1.82, 2.24) is 10.2 Å². The Kier molecular flexibility index (Phi) is 3.19. The van der Waals surface area contributed by atoms with Gasteiger partial charge in [0.1, 0.15) is 11.1 Å². The average Bonchev–Trinajstić information content (AvgIpc) is 2.72. The Morgan fingerprint density at radius 1 is 1.35 bits per heavy atom. The maximum atomic E-state index is 12.3. The Bertz CT molecular complexity index is 753. The number of sulfone groups is 1. The number of ether oxygens (including phenoxy) is 1. The van der Waals surface area contributed by atoms with Gasteiger partial charge in [-0.1, -0.05) is 17.7 Å². The minimum absolute atomic E-state index is 0.128. The van der Waals surface area contributed by atoms with Crippen molar-refractivity contribution in [3.8, 4) is 11.3 Å². The first-order valence-corrected chi connectivity index (χ1v) is 7.83. The van der Waals surface area contributed by atoms with Crippen LogP contribution >= 0.6 is 11.6 Å². The topological polar surface area (TPSA) is 98.1 Å². The summed E-state index contributed by atoms with van der Waals surface area (Å²) in [5, 5.41) is 6.25. The predicted octanol–water partition coefficient (Wildman–Crippen LogP) is 1.48. The normalized spacial score (nSPS) is 16.1. The predicted molar refractivity (Wildman–Crippen MR) is 75.2 cm³/mol. The van der Waals surface area contributed by atoms with E-state index in [9.17, 15) is 8.42 Å². The number of anilines is 1. The minimum atomic E-state index is -3.43. The van der Waals surface area contributed by atoms with Crippen molar-refractivity contribution in [2.24, 2.45) is 0 Å². The van der Waals surface area contributed by atoms with Gasteiger partial charge in [-0.2, -0.15) is 5.10 Å². The number of hydrogen-bond donors (Lipinski definition) is 2. The third-order valence-corrected chi connectivity index (χ3v) is 5.74. The van der Waals surface area contributed by atoms with Crippen molar-refractivity contribution in [2.75, 3.05) is 18.9 Å². The highest BCUT2D eigenvalue weighted by atomic mass is 35.5. The highest BCUT2D eigenvalue weighted by Gasteiger charge is 2.35. The number of H-pyrrole nitrogens is 1. The van der Waals surface area contributed by atoms with Gasteiger partial charge in [-0.25, -0.2) is 8.42 Å². The van der Waals surface area contributed by atoms with Crippen LogP contribution in [0.15, 0.2) is 29.2 Å². The Morgan fingerprint density at radius 3 is 2.60 bits per heavy atom. The number of aromatic amines is 1. The van der Waals surface area contributed by atoms with E-state index in [1.807, 2.05) is 0 Å². The van der Waals surface area contributed by atoms with Gasteiger partial charge in [0, 0.05) is 11.6 Å². The zero-order chi connectivity index (χ0) is 14.3. The molecule has 0 amide bonds. The Labute approximate surface area is 120 Å². The molecule has 0 aliphatic carbocycles. The number of aromatic nitrogens is 2. The molecule has 106 valence electrons. The first-order valence-electron chi connectivity index (χ1n) is 5.91. The summed E-state index contributed by atoms with van der Waals surface area (Å²) in [6, 6.07) is 6.41. The SMILES string of the molecule is Nc1cc(-c2ccc(S(=O)(=O)C3COC3)c(Cl)c2)[nH]n1. The number of nitrogens with one attached hydrogen (secondary N) is 1. The zero-order valence-corrected chi connectivity index (χ0v) is 11.9. The fourth-order valence-corrected chi connectivity index (χ4v) is 3.96. The van der Waals surface area contributed by atoms with E-state index in [1.165, 1.54) is 6.07 Å². The Balaban J connectivity index is 1.99. The van der Waals surface area contributed by atoms with Crippen LogP contribution < -0.4 is 5.73 Å². The maximum absolute atomic E-state index is 12.3. The van der Waals surface area contributed by atoms with E-state index in [0.717, 1.165) is 5.56 Å². The van der Waals surface area contributed by atoms with Gasteiger partial charge in [0.2, 0.25) is 0 Å². The van der Waals surface area contributed by atoms with Crippen molar-refractivity contribution >= 4 is 27.3 Å². The first-order chi connectivity index (χ1) is 9.48. The number of nitrogens with zero attached hydrogens (tertiary/aromatic N) is 1. The van der Waals surface area contributed by atoms with Crippen molar-refractivity contribution in [3.63, 3.8) is 0 Å². The molecule has 1 fully saturated rings. The van der Waals surface area contributed by atoms with Crippen LogP contribution in [0.4, 0.5) is 5.82 Å². The average molecular weight is 314 g/mol. The molecule has 0 unspecified atom stereocenters. The van der Waals surface area contributed by atoms with E-state index in [-0.39, 0.29) is 23.1 Å². The second kappa shape index (κ2) is 4.76. The van der Waals surface area contributed by atoms with E-state index >= 15 is 0 Å². The number of nitrogen functional groups attached to an aromatic ring is 1. The molecule has 1 aliphatic rings. The molecule has 1 aliphatic heterocycles. The zero-order valence-electron chi connectivity index (χ0n) is 10.3. The Morgan fingerprint density at radius 2 is 2.10 bits per heavy atom. The van der Waals surface area contributed by atoms with Gasteiger partial charge in [-0.05, 0) is 12.1 Å². The molecule has 0 atom stereocenters. The largest absolute Gasteiger partial charge is 0.382 e. The van der Waals surface area contributed by atoms with E-state index in [2.05, 4.69) is 10.2 Å². The van der Waals surface area contributed by atoms with Gasteiger partial charge in [0.25, 0.3) is 0 Å². The van der Waals surface area contributed by atoms with E-state index in [1.54, 1.807) is 18.2 Å². The molecule has 20 heavy (non-hydrogen) atoms. The number of benzene rings is 1. The highest BCUT2D eigenvalue weighted by molar-refractivity contribution is 7.92. The van der Waals surface area contributed by atoms with Crippen molar-refractivity contribution in [3.05, 3.63) is 29.3 Å². The summed E-state index contributed by atoms with van der Waals surface area (Å²) >= 11 is 6.11. The summed E-state index contributed by atoms with van der Waals surface area (Å²) in [6.07, 6.45) is 0. The quantitative estimate of drug-likeness (QED) is 0.894. The monoisotopic (exact) mass is 313 g/mol. The molecule has 6 nitrogen and oxygen atoms in total. The molecule has 0 radical (unpaired) electrons. The number of nitrogens with two attached hydrogens (primary N) is 1. The van der Waals surface area contributed by atoms with Crippen LogP contribution in [-0.4, -0.2) is 37.1 Å². The van der Waals surface area contributed by atoms with Gasteiger partial charge < -0.3 is 10.5 Å². The molecule has 3 N–H and O–H groups in total. The highest BCUT2D eigenvalue weighted by Crippen LogP contribution is 2.31. The third kappa shape index (κ3) is 2.17. The van der Waals surface area contributed by atoms with Crippen LogP contribution in [-0.2, 0) is 14.6 Å². The summed E-state index contributed by atoms with van der Waals surface area (Å²) in [4.78, 5) is 0.128. The molecule has 2 aromatic rings. The van der Waals surface area contributed by atoms with Gasteiger partial charge in [0.15, 0.2) is 9.84 Å². The lowest BCUT2D eigenvalue weighted by Crippen LogP contribution is -2.40. The van der Waals surface area contributed by atoms with Gasteiger partial charge in [-0.3, -0.25) is 5.10 Å². The number of rotatable bonds is 3. The van der Waals surface area contributed by atoms with Crippen LogP contribution in [0.1, 0.15) is 0 Å². The lowest BCUT2D eigenvalue weighted by atomic mass is 10.1. The summed E-state index contributed by atoms with van der Waals surface area (Å²) in [6.45, 7) is 0.439. The lowest BCUT2D eigenvalue weighted by molar-refractivity contribution is 0.0416. The maximum Gasteiger partial charge on any atom is 0.187 e. The van der Waals surface area contributed by atoms with Crippen molar-refractivity contribution < 1.29 is 13.2 Å². The number of hydrogen-bond acceptors (Lipinski definition) is 5. The second-order valence-electron chi connectivity index (χ2n) is 4.56. The standard InChI is InChI=1S/C12H12ClN3O3S/c13-9-3-7(10-4-12(14)16-15-10)1-2-11(9)20(17,18)8-5-19-6-8/h1-4,8H,5-6H2,(H3,14,15,16). The molecule has 0 spiro atoms. The molecule has 1 saturated heterocycles. The van der Waals surface area contributed by atoms with Crippen LogP contribution in [0.2, 0.25) is 5.02 Å². The molecule has 8 heteroatoms. The van der Waals surface area contributed by atoms with Gasteiger partial charge >= 0.3 is 0 Å². The first kappa shape index (κ1) is 13.4. The molecule has 2 heterocycles. The molecule has 0 bridgehead atoms. The van der Waals surface area contributed by atoms with Crippen LogP contribution in [0.25, 0.3) is 11.3 Å². The van der Waals surface area contributed by atoms with Crippen LogP contribution in [0.5, 0.6) is 0 Å². The summed E-state index contributed by atoms with van der Waals surface area (Å²) < 4.78 is 29.5. The smallest absolute Gasteiger partial charge is 0.187 e. The fourth-order valence-electron chi connectivity index (χ4n) is 1.96. The van der Waals surface area contributed by atoms with Crippen LogP contribution in [0, 0.1) is 0 Å². The molecular formula is C12H12ClN3O3S. The minimum Gasteiger partial charge on any atom is -0.382 e. The molecule has 3 rings (SSSR count). The summed E-state index contributed by atoms with van der Waals surface area (Å²) in [5.41, 5.74) is 6.94. The summed E-state index contributed by atoms with van der Waals surface area (Å²) in [5.74, 6) is 0.361. The van der Waals surface area contributed by atoms with Crippen molar-refractivity contribution in [2.45, 2.75) is 10.1 Å². The van der Waals surface area contributed by atoms with Crippen LogP contribution in [0.3, 0.4) is 0 Å². The summed E-state index contributed by atoms with van der Waals surface area (Å²) in [7, 11) is -3.43.